The molecule has 10 heteroatoms. The minimum absolute atomic E-state index is 0. The molecule has 33 heavy (non-hydrogen) atoms. The first kappa shape index (κ1) is 28.0. The van der Waals surface area contributed by atoms with Crippen LogP contribution in [0.3, 0.4) is 0 Å². The van der Waals surface area contributed by atoms with Gasteiger partial charge >= 0.3 is 6.18 Å². The summed E-state index contributed by atoms with van der Waals surface area (Å²) in [5.41, 5.74) is 0.751. The van der Waals surface area contributed by atoms with Crippen LogP contribution >= 0.6 is 36.6 Å². The van der Waals surface area contributed by atoms with E-state index in [1.165, 1.54) is 36.0 Å². The maximum atomic E-state index is 13.8. The molecule has 0 spiro atoms. The third-order valence-corrected chi connectivity index (χ3v) is 6.94. The third kappa shape index (κ3) is 6.65. The highest BCUT2D eigenvalue weighted by Gasteiger charge is 2.33. The molecule has 2 aliphatic rings. The number of rotatable bonds is 5. The van der Waals surface area contributed by atoms with Gasteiger partial charge in [0.05, 0.1) is 12.2 Å². The Bertz CT molecular complexity index is 966. The highest BCUT2D eigenvalue weighted by atomic mass is 35.5. The molecule has 0 saturated carbocycles. The summed E-state index contributed by atoms with van der Waals surface area (Å²) in [5, 5.41) is 9.06. The van der Waals surface area contributed by atoms with Gasteiger partial charge in [0.1, 0.15) is 5.82 Å². The summed E-state index contributed by atoms with van der Waals surface area (Å²) in [6.45, 7) is 5.04. The number of β-amino-alcohol motifs (C(OH)–C–C–N with tert-alkyl or cyclic N) is 1. The van der Waals surface area contributed by atoms with Gasteiger partial charge in [-0.25, -0.2) is 4.39 Å². The lowest BCUT2D eigenvalue weighted by Gasteiger charge is -2.33. The molecule has 2 aliphatic heterocycles. The number of halogens is 6. The molecular weight excluding hydrogens is 499 g/mol. The fourth-order valence-corrected chi connectivity index (χ4v) is 5.25. The van der Waals surface area contributed by atoms with Crippen LogP contribution in [-0.4, -0.2) is 60.8 Å². The van der Waals surface area contributed by atoms with Crippen LogP contribution in [0.15, 0.2) is 58.3 Å². The Labute approximate surface area is 207 Å². The van der Waals surface area contributed by atoms with Crippen molar-refractivity contribution in [3.63, 3.8) is 0 Å². The van der Waals surface area contributed by atoms with E-state index in [2.05, 4.69) is 9.80 Å². The van der Waals surface area contributed by atoms with Crippen molar-refractivity contribution in [1.82, 2.24) is 9.80 Å². The zero-order valence-corrected chi connectivity index (χ0v) is 20.2. The standard InChI is InChI=1S/C23H24F4N2OS.2ClH/c24-17-4-5-19-18(2-1-7-28-8-10-29(11-9-28)12-13-30)20-14-16(23(25,26)27)3-6-21(20)31-22(19)15-17;;/h1-6,14-15,18,30H,7-13H2;2*1H/b2-1+;;. The minimum Gasteiger partial charge on any atom is -0.395 e. The topological polar surface area (TPSA) is 26.7 Å². The molecule has 2 heterocycles. The van der Waals surface area contributed by atoms with E-state index >= 15 is 0 Å². The quantitative estimate of drug-likeness (QED) is 0.415. The summed E-state index contributed by atoms with van der Waals surface area (Å²) in [4.78, 5) is 5.94. The molecule has 0 aliphatic carbocycles. The summed E-state index contributed by atoms with van der Waals surface area (Å²) in [5.74, 6) is -0.713. The number of benzene rings is 2. The molecule has 0 radical (unpaired) electrons. The molecule has 0 bridgehead atoms. The van der Waals surface area contributed by atoms with Crippen LogP contribution in [0.4, 0.5) is 17.6 Å². The Morgan fingerprint density at radius 2 is 1.64 bits per heavy atom. The highest BCUT2D eigenvalue weighted by Crippen LogP contribution is 2.48. The Kier molecular flexibility index (Phi) is 10.1. The first-order chi connectivity index (χ1) is 14.8. The van der Waals surface area contributed by atoms with E-state index < -0.39 is 11.7 Å². The van der Waals surface area contributed by atoms with Gasteiger partial charge in [-0.2, -0.15) is 13.2 Å². The Hall–Kier alpha value is -1.29. The van der Waals surface area contributed by atoms with Crippen molar-refractivity contribution in [3.8, 4) is 0 Å². The first-order valence-electron chi connectivity index (χ1n) is 10.3. The van der Waals surface area contributed by atoms with Crippen molar-refractivity contribution in [2.45, 2.75) is 21.9 Å². The lowest BCUT2D eigenvalue weighted by atomic mass is 9.89. The van der Waals surface area contributed by atoms with Crippen molar-refractivity contribution in [3.05, 3.63) is 71.1 Å². The minimum atomic E-state index is -4.41. The number of aliphatic hydroxyl groups is 1. The predicted molar refractivity (Wildman–Crippen MR) is 127 cm³/mol. The lowest BCUT2D eigenvalue weighted by Crippen LogP contribution is -2.47. The number of alkyl halides is 3. The van der Waals surface area contributed by atoms with Crippen LogP contribution in [0, 0.1) is 5.82 Å². The Morgan fingerprint density at radius 3 is 2.30 bits per heavy atom. The van der Waals surface area contributed by atoms with Gasteiger partial charge in [-0.05, 0) is 41.5 Å². The van der Waals surface area contributed by atoms with Crippen molar-refractivity contribution in [2.75, 3.05) is 45.9 Å². The van der Waals surface area contributed by atoms with Crippen molar-refractivity contribution in [1.29, 1.82) is 0 Å². The van der Waals surface area contributed by atoms with E-state index in [4.69, 9.17) is 5.11 Å². The molecule has 1 unspecified atom stereocenters. The van der Waals surface area contributed by atoms with Gasteiger partial charge < -0.3 is 5.11 Å². The Morgan fingerprint density at radius 1 is 0.939 bits per heavy atom. The zero-order valence-electron chi connectivity index (χ0n) is 17.7. The van der Waals surface area contributed by atoms with E-state index in [1.54, 1.807) is 6.07 Å². The van der Waals surface area contributed by atoms with Crippen LogP contribution in [0.5, 0.6) is 0 Å². The fraction of sp³-hybridized carbons (Fsp3) is 0.391. The number of allylic oxidation sites excluding steroid dienone is 1. The number of aliphatic hydroxyl groups excluding tert-OH is 1. The first-order valence-corrected chi connectivity index (χ1v) is 11.1. The monoisotopic (exact) mass is 524 g/mol. The average Bonchev–Trinajstić information content (AvgIpc) is 2.73. The fourth-order valence-electron chi connectivity index (χ4n) is 4.09. The number of fused-ring (bicyclic) bond motifs is 2. The molecule has 3 nitrogen and oxygen atoms in total. The van der Waals surface area contributed by atoms with E-state index in [9.17, 15) is 17.6 Å². The lowest BCUT2D eigenvalue weighted by molar-refractivity contribution is -0.137. The predicted octanol–water partition coefficient (Wildman–Crippen LogP) is 5.45. The van der Waals surface area contributed by atoms with Gasteiger partial charge in [-0.1, -0.05) is 30.0 Å². The molecule has 0 amide bonds. The average molecular weight is 525 g/mol. The van der Waals surface area contributed by atoms with Gasteiger partial charge in [-0.15, -0.1) is 24.8 Å². The summed E-state index contributed by atoms with van der Waals surface area (Å²) in [6.07, 6.45) is -0.472. The number of nitrogens with zero attached hydrogens (tertiary/aromatic N) is 2. The molecule has 0 aromatic heterocycles. The molecule has 2 aromatic rings. The molecule has 1 atom stereocenters. The highest BCUT2D eigenvalue weighted by molar-refractivity contribution is 7.99. The maximum absolute atomic E-state index is 13.8. The molecular formula is C23H26Cl2F4N2OS. The number of piperazine rings is 1. The molecule has 1 N–H and O–H groups in total. The summed E-state index contributed by atoms with van der Waals surface area (Å²) >= 11 is 1.31. The molecule has 4 rings (SSSR count). The second kappa shape index (κ2) is 11.9. The van der Waals surface area contributed by atoms with Crippen LogP contribution in [-0.2, 0) is 6.18 Å². The van der Waals surface area contributed by atoms with Crippen molar-refractivity contribution < 1.29 is 22.7 Å². The molecule has 1 saturated heterocycles. The molecule has 182 valence electrons. The van der Waals surface area contributed by atoms with Gasteiger partial charge in [0.2, 0.25) is 0 Å². The second-order valence-electron chi connectivity index (χ2n) is 7.81. The van der Waals surface area contributed by atoms with E-state index in [1.807, 2.05) is 12.2 Å². The summed E-state index contributed by atoms with van der Waals surface area (Å²) in [6, 6.07) is 8.27. The van der Waals surface area contributed by atoms with Gasteiger partial charge in [0.25, 0.3) is 0 Å². The van der Waals surface area contributed by atoms with E-state index in [0.29, 0.717) is 18.7 Å². The number of hydrogen-bond acceptors (Lipinski definition) is 4. The molecule has 1 fully saturated rings. The third-order valence-electron chi connectivity index (χ3n) is 5.78. The van der Waals surface area contributed by atoms with Crippen LogP contribution < -0.4 is 0 Å². The maximum Gasteiger partial charge on any atom is 0.416 e. The van der Waals surface area contributed by atoms with Gasteiger partial charge in [0, 0.05) is 55.0 Å². The van der Waals surface area contributed by atoms with Gasteiger partial charge in [0.15, 0.2) is 0 Å². The van der Waals surface area contributed by atoms with Crippen molar-refractivity contribution >= 4 is 36.6 Å². The van der Waals surface area contributed by atoms with Gasteiger partial charge in [-0.3, -0.25) is 9.80 Å². The largest absolute Gasteiger partial charge is 0.416 e. The van der Waals surface area contributed by atoms with E-state index in [0.717, 1.165) is 47.6 Å². The van der Waals surface area contributed by atoms with Crippen LogP contribution in [0.2, 0.25) is 0 Å². The number of hydrogen-bond donors (Lipinski definition) is 1. The summed E-state index contributed by atoms with van der Waals surface area (Å²) in [7, 11) is 0. The van der Waals surface area contributed by atoms with E-state index in [-0.39, 0.29) is 43.2 Å². The normalized spacial score (nSPS) is 18.9. The van der Waals surface area contributed by atoms with Crippen molar-refractivity contribution in [2.24, 2.45) is 0 Å². The molecule has 2 aromatic carbocycles. The SMILES string of the molecule is Cl.Cl.OCCN1CCN(C/C=C/C2c3ccc(F)cc3Sc3ccc(C(F)(F)F)cc32)CC1. The Balaban J connectivity index is 0.00000193. The second-order valence-corrected chi connectivity index (χ2v) is 8.89. The van der Waals surface area contributed by atoms with Crippen LogP contribution in [0.25, 0.3) is 0 Å². The zero-order chi connectivity index (χ0) is 22.0. The van der Waals surface area contributed by atoms with Crippen LogP contribution in [0.1, 0.15) is 22.6 Å². The summed E-state index contributed by atoms with van der Waals surface area (Å²) < 4.78 is 53.7. The smallest absolute Gasteiger partial charge is 0.395 e.